The lowest BCUT2D eigenvalue weighted by molar-refractivity contribution is -0.143. The molecule has 1 aliphatic rings. The summed E-state index contributed by atoms with van der Waals surface area (Å²) in [7, 11) is 0. The summed E-state index contributed by atoms with van der Waals surface area (Å²) in [4.78, 5) is 12.3. The topological polar surface area (TPSA) is 40.5 Å². The number of likely N-dealkylation sites (tertiary alicyclic amines) is 1. The molecule has 3 nitrogen and oxygen atoms in total. The Balaban J connectivity index is 2.00. The molecule has 110 valence electrons. The fraction of sp³-hybridized carbons (Fsp3) is 0.500. The second-order valence-electron chi connectivity index (χ2n) is 5.07. The summed E-state index contributed by atoms with van der Waals surface area (Å²) in [6.07, 6.45) is 0.700. The number of aliphatic carboxylic acids is 1. The first-order valence-electron chi connectivity index (χ1n) is 6.48. The fourth-order valence-corrected chi connectivity index (χ4v) is 2.46. The second kappa shape index (κ2) is 5.83. The van der Waals surface area contributed by atoms with E-state index in [0.29, 0.717) is 25.9 Å². The Hall–Kier alpha value is -1.56. The summed E-state index contributed by atoms with van der Waals surface area (Å²) in [6.45, 7) is 0.00227. The molecular weight excluding hydrogens is 271 g/mol. The van der Waals surface area contributed by atoms with Crippen LogP contribution in [-0.2, 0) is 10.7 Å². The molecule has 1 fully saturated rings. The van der Waals surface area contributed by atoms with Crippen LogP contribution in [0.4, 0.5) is 13.2 Å². The number of halogens is 3. The number of hydrogen-bond donors (Lipinski definition) is 1. The minimum absolute atomic E-state index is 0.293. The van der Waals surface area contributed by atoms with Crippen LogP contribution in [0.3, 0.4) is 0 Å². The number of nitrogens with zero attached hydrogens (tertiary/aromatic N) is 1. The highest BCUT2D eigenvalue weighted by atomic mass is 19.3. The Morgan fingerprint density at radius 3 is 2.45 bits per heavy atom. The van der Waals surface area contributed by atoms with Crippen molar-refractivity contribution in [1.82, 2.24) is 4.90 Å². The van der Waals surface area contributed by atoms with Gasteiger partial charge in [-0.3, -0.25) is 9.69 Å². The molecule has 1 aliphatic heterocycles. The number of carbonyl (C=O) groups is 1. The average Bonchev–Trinajstić information content (AvgIpc) is 2.39. The standard InChI is InChI=1S/C14H16F3NO2/c15-12-4-2-1-3-11(12)14(16,17)9-18-7-5-10(6-8-18)13(19)20/h1-4,10H,5-9H2,(H,19,20). The molecule has 0 amide bonds. The van der Waals surface area contributed by atoms with Crippen LogP contribution < -0.4 is 0 Å². The summed E-state index contributed by atoms with van der Waals surface area (Å²) < 4.78 is 41.5. The minimum atomic E-state index is -3.28. The first-order chi connectivity index (χ1) is 9.40. The molecule has 1 saturated heterocycles. The number of rotatable bonds is 4. The van der Waals surface area contributed by atoms with Crippen molar-refractivity contribution in [2.24, 2.45) is 5.92 Å². The Kier molecular flexibility index (Phi) is 4.32. The van der Waals surface area contributed by atoms with E-state index in [9.17, 15) is 18.0 Å². The lowest BCUT2D eigenvalue weighted by Gasteiger charge is -2.32. The lowest BCUT2D eigenvalue weighted by atomic mass is 9.96. The highest BCUT2D eigenvalue weighted by molar-refractivity contribution is 5.70. The van der Waals surface area contributed by atoms with E-state index in [4.69, 9.17) is 5.11 Å². The summed E-state index contributed by atoms with van der Waals surface area (Å²) in [6, 6.07) is 4.84. The number of carboxylic acid groups (broad SMARTS) is 1. The van der Waals surface area contributed by atoms with Gasteiger partial charge in [0.05, 0.1) is 18.0 Å². The minimum Gasteiger partial charge on any atom is -0.481 e. The number of carboxylic acids is 1. The normalized spacial score (nSPS) is 18.1. The zero-order valence-corrected chi connectivity index (χ0v) is 10.9. The molecule has 20 heavy (non-hydrogen) atoms. The van der Waals surface area contributed by atoms with Gasteiger partial charge in [-0.25, -0.2) is 4.39 Å². The molecule has 0 unspecified atom stereocenters. The molecule has 1 N–H and O–H groups in total. The molecule has 0 aliphatic carbocycles. The van der Waals surface area contributed by atoms with Crippen molar-refractivity contribution in [3.63, 3.8) is 0 Å². The van der Waals surface area contributed by atoms with Gasteiger partial charge in [-0.15, -0.1) is 0 Å². The molecule has 0 bridgehead atoms. The molecule has 0 spiro atoms. The van der Waals surface area contributed by atoms with E-state index in [1.165, 1.54) is 17.0 Å². The fourth-order valence-electron chi connectivity index (χ4n) is 2.46. The quantitative estimate of drug-likeness (QED) is 0.925. The van der Waals surface area contributed by atoms with Crippen LogP contribution in [0.25, 0.3) is 0 Å². The summed E-state index contributed by atoms with van der Waals surface area (Å²) in [5.41, 5.74) is -0.611. The van der Waals surface area contributed by atoms with Crippen molar-refractivity contribution in [2.45, 2.75) is 18.8 Å². The van der Waals surface area contributed by atoms with Crippen LogP contribution in [0.2, 0.25) is 0 Å². The Labute approximate surface area is 115 Å². The molecule has 1 aromatic rings. The van der Waals surface area contributed by atoms with Gasteiger partial charge >= 0.3 is 5.97 Å². The predicted molar refractivity (Wildman–Crippen MR) is 67.1 cm³/mol. The lowest BCUT2D eigenvalue weighted by Crippen LogP contribution is -2.42. The van der Waals surface area contributed by atoms with Crippen molar-refractivity contribution < 1.29 is 23.1 Å². The number of benzene rings is 1. The van der Waals surface area contributed by atoms with Gasteiger partial charge in [-0.1, -0.05) is 18.2 Å². The van der Waals surface area contributed by atoms with Gasteiger partial charge in [0.2, 0.25) is 0 Å². The van der Waals surface area contributed by atoms with Gasteiger partial charge in [0.1, 0.15) is 5.82 Å². The third-order valence-corrected chi connectivity index (χ3v) is 3.63. The van der Waals surface area contributed by atoms with Crippen LogP contribution in [-0.4, -0.2) is 35.6 Å². The zero-order chi connectivity index (χ0) is 14.8. The van der Waals surface area contributed by atoms with Gasteiger partial charge in [-0.05, 0) is 32.0 Å². The van der Waals surface area contributed by atoms with Gasteiger partial charge in [-0.2, -0.15) is 8.78 Å². The van der Waals surface area contributed by atoms with Crippen molar-refractivity contribution >= 4 is 5.97 Å². The van der Waals surface area contributed by atoms with Gasteiger partial charge in [0, 0.05) is 0 Å². The van der Waals surface area contributed by atoms with Crippen LogP contribution >= 0.6 is 0 Å². The SMILES string of the molecule is O=C(O)C1CCN(CC(F)(F)c2ccccc2F)CC1. The number of piperidine rings is 1. The van der Waals surface area contributed by atoms with Crippen molar-refractivity contribution in [3.05, 3.63) is 35.6 Å². The van der Waals surface area contributed by atoms with Gasteiger partial charge in [0.25, 0.3) is 5.92 Å². The van der Waals surface area contributed by atoms with Crippen LogP contribution in [0.5, 0.6) is 0 Å². The van der Waals surface area contributed by atoms with Crippen molar-refractivity contribution in [2.75, 3.05) is 19.6 Å². The van der Waals surface area contributed by atoms with E-state index in [1.807, 2.05) is 0 Å². The van der Waals surface area contributed by atoms with E-state index in [1.54, 1.807) is 0 Å². The Morgan fingerprint density at radius 2 is 1.90 bits per heavy atom. The maximum absolute atomic E-state index is 14.1. The van der Waals surface area contributed by atoms with E-state index in [0.717, 1.165) is 12.1 Å². The summed E-state index contributed by atoms with van der Waals surface area (Å²) >= 11 is 0. The van der Waals surface area contributed by atoms with Gasteiger partial charge in [0.15, 0.2) is 0 Å². The summed E-state index contributed by atoms with van der Waals surface area (Å²) in [5.74, 6) is -5.54. The molecule has 2 rings (SSSR count). The Bertz CT molecular complexity index is 485. The molecule has 0 atom stereocenters. The van der Waals surface area contributed by atoms with E-state index < -0.39 is 35.7 Å². The number of hydrogen-bond acceptors (Lipinski definition) is 2. The van der Waals surface area contributed by atoms with Crippen LogP contribution in [0, 0.1) is 11.7 Å². The smallest absolute Gasteiger partial charge is 0.306 e. The first-order valence-corrected chi connectivity index (χ1v) is 6.48. The van der Waals surface area contributed by atoms with Gasteiger partial charge < -0.3 is 5.11 Å². The van der Waals surface area contributed by atoms with Crippen LogP contribution in [0.1, 0.15) is 18.4 Å². The monoisotopic (exact) mass is 287 g/mol. The molecule has 1 heterocycles. The molecule has 0 radical (unpaired) electrons. The number of alkyl halides is 2. The predicted octanol–water partition coefficient (Wildman–Crippen LogP) is 2.71. The van der Waals surface area contributed by atoms with Crippen LogP contribution in [0.15, 0.2) is 24.3 Å². The van der Waals surface area contributed by atoms with E-state index in [2.05, 4.69) is 0 Å². The zero-order valence-electron chi connectivity index (χ0n) is 10.9. The molecule has 1 aromatic carbocycles. The largest absolute Gasteiger partial charge is 0.481 e. The Morgan fingerprint density at radius 1 is 1.30 bits per heavy atom. The van der Waals surface area contributed by atoms with Crippen molar-refractivity contribution in [1.29, 1.82) is 0 Å². The molecule has 0 aromatic heterocycles. The molecule has 6 heteroatoms. The third kappa shape index (κ3) is 3.30. The molecular formula is C14H16F3NO2. The maximum Gasteiger partial charge on any atom is 0.306 e. The van der Waals surface area contributed by atoms with E-state index >= 15 is 0 Å². The van der Waals surface area contributed by atoms with E-state index in [-0.39, 0.29) is 0 Å². The third-order valence-electron chi connectivity index (χ3n) is 3.63. The first kappa shape index (κ1) is 14.8. The summed E-state index contributed by atoms with van der Waals surface area (Å²) in [5, 5.41) is 8.86. The highest BCUT2D eigenvalue weighted by Crippen LogP contribution is 2.32. The average molecular weight is 287 g/mol. The van der Waals surface area contributed by atoms with Crippen molar-refractivity contribution in [3.8, 4) is 0 Å². The second-order valence-corrected chi connectivity index (χ2v) is 5.07. The highest BCUT2D eigenvalue weighted by Gasteiger charge is 2.37. The molecule has 0 saturated carbocycles. The maximum atomic E-state index is 14.1.